The van der Waals surface area contributed by atoms with Gasteiger partial charge in [-0.25, -0.2) is 18.7 Å². The SMILES string of the molecule is Cc1nn2c(N3CCOCC3)cc(Nc3cn(C)cn3)nc2c1Cc1ccc(F)cc1F. The zero-order valence-electron chi connectivity index (χ0n) is 17.8. The van der Waals surface area contributed by atoms with Gasteiger partial charge in [0.1, 0.15) is 29.1 Å². The van der Waals surface area contributed by atoms with Gasteiger partial charge in [0.25, 0.3) is 0 Å². The Morgan fingerprint density at radius 1 is 1.12 bits per heavy atom. The van der Waals surface area contributed by atoms with Crippen LogP contribution < -0.4 is 10.2 Å². The number of morpholine rings is 1. The van der Waals surface area contributed by atoms with E-state index in [1.54, 1.807) is 10.8 Å². The van der Waals surface area contributed by atoms with Crippen molar-refractivity contribution in [3.63, 3.8) is 0 Å². The van der Waals surface area contributed by atoms with E-state index in [0.29, 0.717) is 36.1 Å². The van der Waals surface area contributed by atoms with Gasteiger partial charge in [0.2, 0.25) is 0 Å². The second kappa shape index (κ2) is 8.19. The van der Waals surface area contributed by atoms with Crippen LogP contribution >= 0.6 is 0 Å². The van der Waals surface area contributed by atoms with Gasteiger partial charge in [-0.2, -0.15) is 9.61 Å². The van der Waals surface area contributed by atoms with Crippen molar-refractivity contribution < 1.29 is 13.5 Å². The van der Waals surface area contributed by atoms with Gasteiger partial charge < -0.3 is 19.5 Å². The Morgan fingerprint density at radius 3 is 2.66 bits per heavy atom. The van der Waals surface area contributed by atoms with Gasteiger partial charge in [0.15, 0.2) is 5.65 Å². The number of nitrogens with one attached hydrogen (secondary N) is 1. The van der Waals surface area contributed by atoms with E-state index in [4.69, 9.17) is 14.8 Å². The normalized spacial score (nSPS) is 14.3. The molecule has 3 aromatic heterocycles. The molecular weight excluding hydrogens is 416 g/mol. The number of imidazole rings is 1. The van der Waals surface area contributed by atoms with E-state index < -0.39 is 11.6 Å². The fraction of sp³-hybridized carbons (Fsp3) is 0.318. The number of nitrogens with zero attached hydrogens (tertiary/aromatic N) is 6. The van der Waals surface area contributed by atoms with Gasteiger partial charge in [0, 0.05) is 50.5 Å². The first-order valence-electron chi connectivity index (χ1n) is 10.4. The lowest BCUT2D eigenvalue weighted by Gasteiger charge is -2.29. The number of hydrogen-bond acceptors (Lipinski definition) is 6. The zero-order valence-corrected chi connectivity index (χ0v) is 17.8. The first-order valence-corrected chi connectivity index (χ1v) is 10.4. The molecule has 0 aliphatic carbocycles. The Morgan fingerprint density at radius 2 is 1.94 bits per heavy atom. The summed E-state index contributed by atoms with van der Waals surface area (Å²) < 4.78 is 36.9. The molecular formula is C22H23F2N7O. The number of aryl methyl sites for hydroxylation is 2. The summed E-state index contributed by atoms with van der Waals surface area (Å²) in [6, 6.07) is 5.56. The topological polar surface area (TPSA) is 72.5 Å². The maximum atomic E-state index is 14.4. The van der Waals surface area contributed by atoms with E-state index in [9.17, 15) is 8.78 Å². The van der Waals surface area contributed by atoms with Crippen molar-refractivity contribution >= 4 is 23.1 Å². The third-order valence-electron chi connectivity index (χ3n) is 5.54. The first-order chi connectivity index (χ1) is 15.5. The summed E-state index contributed by atoms with van der Waals surface area (Å²) in [6.07, 6.45) is 3.82. The molecule has 0 spiro atoms. The van der Waals surface area contributed by atoms with Crippen LogP contribution in [0.1, 0.15) is 16.8 Å². The van der Waals surface area contributed by atoms with Crippen molar-refractivity contribution in [2.75, 3.05) is 36.5 Å². The van der Waals surface area contributed by atoms with Crippen LogP contribution in [0, 0.1) is 18.6 Å². The summed E-state index contributed by atoms with van der Waals surface area (Å²) in [5, 5.41) is 7.96. The summed E-state index contributed by atoms with van der Waals surface area (Å²) in [5.74, 6) is 0.959. The molecule has 1 aromatic carbocycles. The van der Waals surface area contributed by atoms with E-state index in [0.717, 1.165) is 36.2 Å². The highest BCUT2D eigenvalue weighted by Gasteiger charge is 2.21. The molecule has 0 unspecified atom stereocenters. The number of rotatable bonds is 5. The number of hydrogen-bond donors (Lipinski definition) is 1. The summed E-state index contributed by atoms with van der Waals surface area (Å²) in [5.41, 5.74) is 2.54. The maximum Gasteiger partial charge on any atom is 0.163 e. The molecule has 0 atom stereocenters. The van der Waals surface area contributed by atoms with Crippen molar-refractivity contribution in [2.45, 2.75) is 13.3 Å². The molecule has 0 amide bonds. The van der Waals surface area contributed by atoms with Crippen molar-refractivity contribution in [1.82, 2.24) is 24.1 Å². The number of anilines is 3. The second-order valence-corrected chi connectivity index (χ2v) is 7.86. The summed E-state index contributed by atoms with van der Waals surface area (Å²) in [6.45, 7) is 4.58. The fourth-order valence-electron chi connectivity index (χ4n) is 3.90. The summed E-state index contributed by atoms with van der Waals surface area (Å²) in [7, 11) is 1.89. The molecule has 0 bridgehead atoms. The molecule has 10 heteroatoms. The molecule has 166 valence electrons. The molecule has 1 aliphatic rings. The molecule has 1 saturated heterocycles. The Labute approximate surface area is 183 Å². The molecule has 1 aliphatic heterocycles. The minimum atomic E-state index is -0.600. The minimum absolute atomic E-state index is 0.254. The van der Waals surface area contributed by atoms with Crippen molar-refractivity contribution in [2.24, 2.45) is 7.05 Å². The summed E-state index contributed by atoms with van der Waals surface area (Å²) >= 11 is 0. The lowest BCUT2D eigenvalue weighted by atomic mass is 10.0. The molecule has 0 radical (unpaired) electrons. The number of fused-ring (bicyclic) bond motifs is 1. The maximum absolute atomic E-state index is 14.4. The summed E-state index contributed by atoms with van der Waals surface area (Å²) in [4.78, 5) is 11.3. The molecule has 0 saturated carbocycles. The van der Waals surface area contributed by atoms with Gasteiger partial charge in [-0.1, -0.05) is 6.07 Å². The van der Waals surface area contributed by atoms with Crippen LogP contribution in [0.15, 0.2) is 36.8 Å². The van der Waals surface area contributed by atoms with Gasteiger partial charge in [0.05, 0.1) is 25.2 Å². The second-order valence-electron chi connectivity index (χ2n) is 7.86. The predicted octanol–water partition coefficient (Wildman–Crippen LogP) is 3.22. The highest BCUT2D eigenvalue weighted by atomic mass is 19.1. The highest BCUT2D eigenvalue weighted by molar-refractivity contribution is 5.66. The van der Waals surface area contributed by atoms with E-state index in [-0.39, 0.29) is 6.42 Å². The van der Waals surface area contributed by atoms with Gasteiger partial charge in [-0.3, -0.25) is 0 Å². The molecule has 5 rings (SSSR count). The van der Waals surface area contributed by atoms with E-state index in [1.165, 1.54) is 12.1 Å². The first kappa shape index (κ1) is 20.4. The average molecular weight is 439 g/mol. The van der Waals surface area contributed by atoms with Crippen LogP contribution in [0.5, 0.6) is 0 Å². The highest BCUT2D eigenvalue weighted by Crippen LogP contribution is 2.28. The largest absolute Gasteiger partial charge is 0.378 e. The Balaban J connectivity index is 1.62. The number of ether oxygens (including phenoxy) is 1. The number of aromatic nitrogens is 5. The monoisotopic (exact) mass is 439 g/mol. The Bertz CT molecular complexity index is 1280. The molecule has 4 heterocycles. The van der Waals surface area contributed by atoms with Crippen molar-refractivity contribution in [3.8, 4) is 0 Å². The van der Waals surface area contributed by atoms with E-state index in [1.807, 2.05) is 30.8 Å². The predicted molar refractivity (Wildman–Crippen MR) is 116 cm³/mol. The quantitative estimate of drug-likeness (QED) is 0.515. The number of halogens is 2. The van der Waals surface area contributed by atoms with Crippen LogP contribution in [0.25, 0.3) is 5.65 Å². The smallest absolute Gasteiger partial charge is 0.163 e. The molecule has 1 fully saturated rings. The van der Waals surface area contributed by atoms with Crippen LogP contribution in [0.2, 0.25) is 0 Å². The Kier molecular flexibility index (Phi) is 5.22. The zero-order chi connectivity index (χ0) is 22.2. The lowest BCUT2D eigenvalue weighted by molar-refractivity contribution is 0.122. The Hall–Kier alpha value is -3.53. The van der Waals surface area contributed by atoms with Gasteiger partial charge in [-0.05, 0) is 18.6 Å². The third-order valence-corrected chi connectivity index (χ3v) is 5.54. The van der Waals surface area contributed by atoms with Crippen LogP contribution in [-0.4, -0.2) is 50.5 Å². The van der Waals surface area contributed by atoms with Gasteiger partial charge in [-0.15, -0.1) is 0 Å². The van der Waals surface area contributed by atoms with Crippen LogP contribution in [0.3, 0.4) is 0 Å². The van der Waals surface area contributed by atoms with Crippen molar-refractivity contribution in [3.05, 3.63) is 65.2 Å². The molecule has 8 nitrogen and oxygen atoms in total. The molecule has 32 heavy (non-hydrogen) atoms. The van der Waals surface area contributed by atoms with Crippen molar-refractivity contribution in [1.29, 1.82) is 0 Å². The van der Waals surface area contributed by atoms with Gasteiger partial charge >= 0.3 is 0 Å². The van der Waals surface area contributed by atoms with E-state index in [2.05, 4.69) is 15.2 Å². The van der Waals surface area contributed by atoms with E-state index >= 15 is 0 Å². The standard InChI is InChI=1S/C22H23F2N7O/c1-14-17(9-15-3-4-16(23)10-18(15)24)22-27-19(26-20-12-29(2)13-25-20)11-21(31(22)28-14)30-5-7-32-8-6-30/h3-4,10-13H,5-9H2,1-2H3,(H,26,27). The lowest BCUT2D eigenvalue weighted by Crippen LogP contribution is -2.37. The van der Waals surface area contributed by atoms with Crippen LogP contribution in [-0.2, 0) is 18.2 Å². The average Bonchev–Trinajstić information content (AvgIpc) is 3.32. The van der Waals surface area contributed by atoms with Crippen LogP contribution in [0.4, 0.5) is 26.2 Å². The minimum Gasteiger partial charge on any atom is -0.378 e. The fourth-order valence-corrected chi connectivity index (χ4v) is 3.90. The molecule has 4 aromatic rings. The third kappa shape index (κ3) is 3.89. The molecule has 1 N–H and O–H groups in total. The number of benzene rings is 1.